The van der Waals surface area contributed by atoms with Crippen molar-refractivity contribution < 1.29 is 5.11 Å². The molecule has 0 atom stereocenters. The van der Waals surface area contributed by atoms with Crippen molar-refractivity contribution in [2.24, 2.45) is 0 Å². The zero-order valence-electron chi connectivity index (χ0n) is 12.1. The number of phenolic OH excluding ortho intramolecular Hbond substituents is 1. The summed E-state index contributed by atoms with van der Waals surface area (Å²) in [6.07, 6.45) is 5.87. The number of likely N-dealkylation sites (tertiary alicyclic amines) is 1. The Hall–Kier alpha value is -0.540. The van der Waals surface area contributed by atoms with Crippen LogP contribution in [0.1, 0.15) is 49.8 Å². The fourth-order valence-corrected chi connectivity index (χ4v) is 2.84. The van der Waals surface area contributed by atoms with E-state index in [9.17, 15) is 5.11 Å². The molecule has 2 rings (SSSR count). The number of halogens is 1. The highest BCUT2D eigenvalue weighted by atomic mass is 79.9. The molecule has 0 amide bonds. The van der Waals surface area contributed by atoms with Crippen LogP contribution in [0.4, 0.5) is 0 Å². The van der Waals surface area contributed by atoms with Crippen molar-refractivity contribution in [3.63, 3.8) is 0 Å². The molecular weight excluding hydrogens is 302 g/mol. The normalized spacial score (nSPS) is 16.1. The lowest BCUT2D eigenvalue weighted by molar-refractivity contribution is 0.220. The average Bonchev–Trinajstić information content (AvgIpc) is 2.41. The van der Waals surface area contributed by atoms with Crippen LogP contribution in [0.15, 0.2) is 12.1 Å². The molecule has 1 N–H and O–H groups in total. The van der Waals surface area contributed by atoms with Gasteiger partial charge in [0.1, 0.15) is 5.75 Å². The van der Waals surface area contributed by atoms with E-state index >= 15 is 0 Å². The van der Waals surface area contributed by atoms with Crippen molar-refractivity contribution >= 4 is 17.0 Å². The molecule has 0 radical (unpaired) electrons. The van der Waals surface area contributed by atoms with E-state index in [0.717, 1.165) is 30.5 Å². The standard InChI is InChI=1S/C16H25NO.BrH/c1-3-14-10-13(11-15(4-2)16(14)18)12-17-8-6-5-7-9-17;/h10-11,18H,3-9,12H2,1-2H3;1H. The van der Waals surface area contributed by atoms with E-state index in [-0.39, 0.29) is 17.0 Å². The van der Waals surface area contributed by atoms with Gasteiger partial charge in [0.15, 0.2) is 0 Å². The number of phenols is 1. The van der Waals surface area contributed by atoms with Crippen LogP contribution >= 0.6 is 17.0 Å². The maximum Gasteiger partial charge on any atom is 0.121 e. The van der Waals surface area contributed by atoms with E-state index in [2.05, 4.69) is 30.9 Å². The summed E-state index contributed by atoms with van der Waals surface area (Å²) in [5, 5.41) is 10.1. The molecule has 3 heteroatoms. The van der Waals surface area contributed by atoms with Crippen LogP contribution in [0.2, 0.25) is 0 Å². The summed E-state index contributed by atoms with van der Waals surface area (Å²) < 4.78 is 0. The number of benzene rings is 1. The first-order valence-electron chi connectivity index (χ1n) is 7.30. The first-order valence-corrected chi connectivity index (χ1v) is 7.30. The second-order valence-corrected chi connectivity index (χ2v) is 5.31. The average molecular weight is 328 g/mol. The largest absolute Gasteiger partial charge is 0.507 e. The van der Waals surface area contributed by atoms with E-state index in [4.69, 9.17) is 0 Å². The highest BCUT2D eigenvalue weighted by molar-refractivity contribution is 8.93. The SMILES string of the molecule is Br.CCc1cc(CN2CCCCC2)cc(CC)c1O. The molecule has 1 aliphatic heterocycles. The van der Waals surface area contributed by atoms with Gasteiger partial charge in [-0.1, -0.05) is 32.4 Å². The molecule has 0 unspecified atom stereocenters. The van der Waals surface area contributed by atoms with E-state index in [1.807, 2.05) is 0 Å². The number of hydrogen-bond acceptors (Lipinski definition) is 2. The first kappa shape index (κ1) is 16.5. The number of piperidine rings is 1. The topological polar surface area (TPSA) is 23.5 Å². The van der Waals surface area contributed by atoms with Gasteiger partial charge in [0.25, 0.3) is 0 Å². The molecule has 0 bridgehead atoms. The van der Waals surface area contributed by atoms with Gasteiger partial charge in [-0.05, 0) is 55.5 Å². The molecule has 1 heterocycles. The van der Waals surface area contributed by atoms with Crippen LogP contribution < -0.4 is 0 Å². The zero-order valence-corrected chi connectivity index (χ0v) is 13.8. The van der Waals surface area contributed by atoms with E-state index in [1.54, 1.807) is 0 Å². The molecule has 0 spiro atoms. The minimum Gasteiger partial charge on any atom is -0.507 e. The van der Waals surface area contributed by atoms with Crippen LogP contribution in [0.5, 0.6) is 5.75 Å². The Kier molecular flexibility index (Phi) is 6.87. The zero-order chi connectivity index (χ0) is 13.0. The van der Waals surface area contributed by atoms with E-state index < -0.39 is 0 Å². The highest BCUT2D eigenvalue weighted by Gasteiger charge is 2.13. The van der Waals surface area contributed by atoms with Gasteiger partial charge in [0, 0.05) is 6.54 Å². The van der Waals surface area contributed by atoms with Crippen LogP contribution in [0.3, 0.4) is 0 Å². The molecule has 1 aliphatic rings. The van der Waals surface area contributed by atoms with E-state index in [0.29, 0.717) is 5.75 Å². The Morgan fingerprint density at radius 1 is 1.00 bits per heavy atom. The van der Waals surface area contributed by atoms with Gasteiger partial charge in [-0.25, -0.2) is 0 Å². The molecule has 108 valence electrons. The Bertz CT molecular complexity index is 375. The Morgan fingerprint density at radius 2 is 1.53 bits per heavy atom. The second kappa shape index (κ2) is 7.91. The third-order valence-electron chi connectivity index (χ3n) is 3.94. The number of hydrogen-bond donors (Lipinski definition) is 1. The van der Waals surface area contributed by atoms with Crippen molar-refractivity contribution in [1.29, 1.82) is 0 Å². The third kappa shape index (κ3) is 4.22. The maximum atomic E-state index is 10.1. The quantitative estimate of drug-likeness (QED) is 0.900. The summed E-state index contributed by atoms with van der Waals surface area (Å²) in [5.41, 5.74) is 3.56. The van der Waals surface area contributed by atoms with Gasteiger partial charge in [-0.15, -0.1) is 17.0 Å². The molecule has 1 aromatic carbocycles. The number of rotatable bonds is 4. The van der Waals surface area contributed by atoms with Crippen molar-refractivity contribution in [1.82, 2.24) is 4.90 Å². The maximum absolute atomic E-state index is 10.1. The lowest BCUT2D eigenvalue weighted by Crippen LogP contribution is -2.29. The molecule has 1 fully saturated rings. The van der Waals surface area contributed by atoms with Gasteiger partial charge >= 0.3 is 0 Å². The molecule has 1 saturated heterocycles. The fourth-order valence-electron chi connectivity index (χ4n) is 2.84. The first-order chi connectivity index (χ1) is 8.74. The minimum atomic E-state index is 0. The molecular formula is C16H26BrNO. The van der Waals surface area contributed by atoms with Gasteiger partial charge in [0.05, 0.1) is 0 Å². The predicted molar refractivity (Wildman–Crippen MR) is 86.3 cm³/mol. The molecule has 0 aromatic heterocycles. The third-order valence-corrected chi connectivity index (χ3v) is 3.94. The molecule has 0 saturated carbocycles. The fraction of sp³-hybridized carbons (Fsp3) is 0.625. The lowest BCUT2D eigenvalue weighted by Gasteiger charge is -2.27. The summed E-state index contributed by atoms with van der Waals surface area (Å²) in [6.45, 7) is 7.71. The Balaban J connectivity index is 0.00000180. The number of aryl methyl sites for hydroxylation is 2. The highest BCUT2D eigenvalue weighted by Crippen LogP contribution is 2.26. The summed E-state index contributed by atoms with van der Waals surface area (Å²) in [4.78, 5) is 2.54. The number of aromatic hydroxyl groups is 1. The summed E-state index contributed by atoms with van der Waals surface area (Å²) in [6, 6.07) is 4.37. The van der Waals surface area contributed by atoms with Crippen molar-refractivity contribution in [3.05, 3.63) is 28.8 Å². The van der Waals surface area contributed by atoms with E-state index in [1.165, 1.54) is 37.9 Å². The van der Waals surface area contributed by atoms with Crippen molar-refractivity contribution in [3.8, 4) is 5.75 Å². The van der Waals surface area contributed by atoms with Crippen molar-refractivity contribution in [2.75, 3.05) is 13.1 Å². The summed E-state index contributed by atoms with van der Waals surface area (Å²) >= 11 is 0. The molecule has 2 nitrogen and oxygen atoms in total. The Morgan fingerprint density at radius 3 is 2.00 bits per heavy atom. The van der Waals surface area contributed by atoms with Gasteiger partial charge in [0.2, 0.25) is 0 Å². The van der Waals surface area contributed by atoms with Crippen LogP contribution in [0.25, 0.3) is 0 Å². The van der Waals surface area contributed by atoms with Gasteiger partial charge in [-0.3, -0.25) is 4.90 Å². The molecule has 1 aromatic rings. The van der Waals surface area contributed by atoms with Crippen molar-refractivity contribution in [2.45, 2.75) is 52.5 Å². The predicted octanol–water partition coefficient (Wildman–Crippen LogP) is 4.08. The van der Waals surface area contributed by atoms with Gasteiger partial charge < -0.3 is 5.11 Å². The monoisotopic (exact) mass is 327 g/mol. The van der Waals surface area contributed by atoms with Crippen LogP contribution in [-0.4, -0.2) is 23.1 Å². The molecule has 0 aliphatic carbocycles. The Labute approximate surface area is 127 Å². The minimum absolute atomic E-state index is 0. The van der Waals surface area contributed by atoms with Crippen LogP contribution in [-0.2, 0) is 19.4 Å². The summed E-state index contributed by atoms with van der Waals surface area (Å²) in [7, 11) is 0. The summed E-state index contributed by atoms with van der Waals surface area (Å²) in [5.74, 6) is 0.516. The lowest BCUT2D eigenvalue weighted by atomic mass is 10.00. The molecule has 19 heavy (non-hydrogen) atoms. The van der Waals surface area contributed by atoms with Crippen LogP contribution in [0, 0.1) is 0 Å². The second-order valence-electron chi connectivity index (χ2n) is 5.31. The smallest absolute Gasteiger partial charge is 0.121 e. The van der Waals surface area contributed by atoms with Gasteiger partial charge in [-0.2, -0.15) is 0 Å². The number of nitrogens with zero attached hydrogens (tertiary/aromatic N) is 1.